The molecule has 0 fully saturated rings. The highest BCUT2D eigenvalue weighted by Crippen LogP contribution is 2.23. The predicted octanol–water partition coefficient (Wildman–Crippen LogP) is 3.23. The normalized spacial score (nSPS) is 11.0. The summed E-state index contributed by atoms with van der Waals surface area (Å²) in [6.45, 7) is 0. The Labute approximate surface area is 153 Å². The molecular formula is C19H16N4O2S. The zero-order valence-electron chi connectivity index (χ0n) is 14.3. The second-order valence-corrected chi connectivity index (χ2v) is 7.10. The lowest BCUT2D eigenvalue weighted by Gasteiger charge is -2.12. The maximum atomic E-state index is 12.6. The van der Waals surface area contributed by atoms with Crippen LogP contribution in [0.4, 0.5) is 11.4 Å². The van der Waals surface area contributed by atoms with Crippen molar-refractivity contribution in [2.45, 2.75) is 0 Å². The van der Waals surface area contributed by atoms with Gasteiger partial charge in [0.2, 0.25) is 0 Å². The third-order valence-corrected chi connectivity index (χ3v) is 5.11. The zero-order chi connectivity index (χ0) is 18.3. The van der Waals surface area contributed by atoms with Crippen LogP contribution in [0.25, 0.3) is 15.9 Å². The largest absolute Gasteiger partial charge is 0.378 e. The molecule has 3 aromatic heterocycles. The van der Waals surface area contributed by atoms with Crippen molar-refractivity contribution in [3.8, 4) is 0 Å². The van der Waals surface area contributed by atoms with Crippen LogP contribution in [0.5, 0.6) is 0 Å². The molecule has 3 heterocycles. The van der Waals surface area contributed by atoms with Crippen LogP contribution in [0.15, 0.2) is 59.5 Å². The number of aromatic nitrogens is 2. The quantitative estimate of drug-likeness (QED) is 0.606. The Hall–Kier alpha value is -3.19. The maximum Gasteiger partial charge on any atom is 0.266 e. The molecule has 26 heavy (non-hydrogen) atoms. The van der Waals surface area contributed by atoms with Crippen LogP contribution >= 0.6 is 11.3 Å². The van der Waals surface area contributed by atoms with Crippen molar-refractivity contribution < 1.29 is 4.79 Å². The minimum absolute atomic E-state index is 0.170. The first-order chi connectivity index (χ1) is 12.5. The average molecular weight is 364 g/mol. The van der Waals surface area contributed by atoms with Gasteiger partial charge in [-0.2, -0.15) is 0 Å². The van der Waals surface area contributed by atoms with Gasteiger partial charge < -0.3 is 10.2 Å². The van der Waals surface area contributed by atoms with E-state index in [1.807, 2.05) is 49.3 Å². The van der Waals surface area contributed by atoms with Gasteiger partial charge in [0.15, 0.2) is 0 Å². The van der Waals surface area contributed by atoms with Crippen molar-refractivity contribution >= 4 is 44.5 Å². The van der Waals surface area contributed by atoms with Gasteiger partial charge in [0.05, 0.1) is 10.3 Å². The molecule has 0 atom stereocenters. The van der Waals surface area contributed by atoms with Gasteiger partial charge in [0.25, 0.3) is 11.5 Å². The summed E-state index contributed by atoms with van der Waals surface area (Å²) in [5, 5.41) is 3.31. The van der Waals surface area contributed by atoms with Gasteiger partial charge in [-0.1, -0.05) is 6.07 Å². The fourth-order valence-electron chi connectivity index (χ4n) is 2.70. The van der Waals surface area contributed by atoms with E-state index in [1.54, 1.807) is 24.4 Å². The van der Waals surface area contributed by atoms with E-state index in [1.165, 1.54) is 15.7 Å². The van der Waals surface area contributed by atoms with Gasteiger partial charge in [-0.25, -0.2) is 4.98 Å². The molecule has 4 rings (SSSR count). The number of hydrogen-bond donors (Lipinski definition) is 1. The summed E-state index contributed by atoms with van der Waals surface area (Å²) in [5.74, 6) is -0.251. The number of nitrogens with one attached hydrogen (secondary N) is 1. The SMILES string of the molecule is CN(C)c1ccc(NC(=O)c2cc3c(=O)n4ccccc4nc3s2)cc1. The molecule has 130 valence electrons. The first-order valence-electron chi connectivity index (χ1n) is 8.02. The molecule has 1 N–H and O–H groups in total. The van der Waals surface area contributed by atoms with E-state index in [-0.39, 0.29) is 11.5 Å². The van der Waals surface area contributed by atoms with Gasteiger partial charge in [0.1, 0.15) is 10.5 Å². The fourth-order valence-corrected chi connectivity index (χ4v) is 3.62. The van der Waals surface area contributed by atoms with Crippen molar-refractivity contribution in [2.75, 3.05) is 24.3 Å². The lowest BCUT2D eigenvalue weighted by molar-refractivity contribution is 0.103. The smallest absolute Gasteiger partial charge is 0.266 e. The molecule has 0 saturated carbocycles. The molecule has 0 aliphatic rings. The van der Waals surface area contributed by atoms with E-state index in [0.29, 0.717) is 26.4 Å². The second kappa shape index (κ2) is 6.27. The Morgan fingerprint density at radius 1 is 1.15 bits per heavy atom. The number of benzene rings is 1. The molecule has 0 bridgehead atoms. The first kappa shape index (κ1) is 16.3. The van der Waals surface area contributed by atoms with Crippen LogP contribution in [0.3, 0.4) is 0 Å². The van der Waals surface area contributed by atoms with E-state index in [0.717, 1.165) is 5.69 Å². The number of pyridine rings is 1. The van der Waals surface area contributed by atoms with Crippen LogP contribution in [-0.2, 0) is 0 Å². The summed E-state index contributed by atoms with van der Waals surface area (Å²) in [4.78, 5) is 32.6. The second-order valence-electron chi connectivity index (χ2n) is 6.07. The van der Waals surface area contributed by atoms with E-state index in [2.05, 4.69) is 10.3 Å². The highest BCUT2D eigenvalue weighted by Gasteiger charge is 2.15. The molecule has 0 radical (unpaired) electrons. The number of carbonyl (C=O) groups is 1. The number of amides is 1. The molecular weight excluding hydrogens is 348 g/mol. The van der Waals surface area contributed by atoms with Crippen molar-refractivity contribution in [3.63, 3.8) is 0 Å². The van der Waals surface area contributed by atoms with Gasteiger partial charge >= 0.3 is 0 Å². The Morgan fingerprint density at radius 2 is 1.92 bits per heavy atom. The maximum absolute atomic E-state index is 12.6. The third-order valence-electron chi connectivity index (χ3n) is 4.08. The number of carbonyl (C=O) groups excluding carboxylic acids is 1. The Kier molecular flexibility index (Phi) is 3.93. The van der Waals surface area contributed by atoms with Crippen molar-refractivity contribution in [2.24, 2.45) is 0 Å². The van der Waals surface area contributed by atoms with E-state index in [9.17, 15) is 9.59 Å². The topological polar surface area (TPSA) is 66.7 Å². The lowest BCUT2D eigenvalue weighted by atomic mass is 10.2. The molecule has 0 unspecified atom stereocenters. The van der Waals surface area contributed by atoms with Crippen LogP contribution < -0.4 is 15.8 Å². The summed E-state index contributed by atoms with van der Waals surface area (Å²) < 4.78 is 1.48. The summed E-state index contributed by atoms with van der Waals surface area (Å²) in [5.41, 5.74) is 2.15. The monoisotopic (exact) mass is 364 g/mol. The fraction of sp³-hybridized carbons (Fsp3) is 0.105. The third kappa shape index (κ3) is 2.82. The van der Waals surface area contributed by atoms with Crippen LogP contribution in [0, 0.1) is 0 Å². The number of rotatable bonds is 3. The summed E-state index contributed by atoms with van der Waals surface area (Å²) >= 11 is 1.22. The van der Waals surface area contributed by atoms with Crippen LogP contribution in [0.1, 0.15) is 9.67 Å². The lowest BCUT2D eigenvalue weighted by Crippen LogP contribution is -2.13. The molecule has 0 aliphatic carbocycles. The van der Waals surface area contributed by atoms with Crippen LogP contribution in [0.2, 0.25) is 0 Å². The minimum Gasteiger partial charge on any atom is -0.378 e. The Bertz CT molecular complexity index is 1180. The average Bonchev–Trinajstić information content (AvgIpc) is 3.07. The highest BCUT2D eigenvalue weighted by atomic mass is 32.1. The number of anilines is 2. The van der Waals surface area contributed by atoms with E-state index >= 15 is 0 Å². The highest BCUT2D eigenvalue weighted by molar-refractivity contribution is 7.20. The molecule has 6 nitrogen and oxygen atoms in total. The predicted molar refractivity (Wildman–Crippen MR) is 106 cm³/mol. The number of hydrogen-bond acceptors (Lipinski definition) is 5. The molecule has 7 heteroatoms. The number of nitrogens with zero attached hydrogens (tertiary/aromatic N) is 3. The Balaban J connectivity index is 1.67. The van der Waals surface area contributed by atoms with Crippen molar-refractivity contribution in [1.29, 1.82) is 0 Å². The van der Waals surface area contributed by atoms with Gasteiger partial charge in [-0.15, -0.1) is 11.3 Å². The summed E-state index contributed by atoms with van der Waals surface area (Å²) in [7, 11) is 3.92. The Morgan fingerprint density at radius 3 is 2.65 bits per heavy atom. The minimum atomic E-state index is -0.251. The first-order valence-corrected chi connectivity index (χ1v) is 8.84. The van der Waals surface area contributed by atoms with Gasteiger partial charge in [0, 0.05) is 31.7 Å². The zero-order valence-corrected chi connectivity index (χ0v) is 15.1. The van der Waals surface area contributed by atoms with E-state index in [4.69, 9.17) is 0 Å². The van der Waals surface area contributed by atoms with Crippen molar-refractivity contribution in [3.05, 3.63) is 70.0 Å². The van der Waals surface area contributed by atoms with Crippen LogP contribution in [-0.4, -0.2) is 29.4 Å². The molecule has 0 spiro atoms. The van der Waals surface area contributed by atoms with Gasteiger partial charge in [-0.05, 0) is 42.5 Å². The standard InChI is InChI=1S/C19H16N4O2S/c1-22(2)13-8-6-12(7-9-13)20-17(24)15-11-14-18(26-15)21-16-5-3-4-10-23(16)19(14)25/h3-11H,1-2H3,(H,20,24). The molecule has 0 saturated heterocycles. The summed E-state index contributed by atoms with van der Waals surface area (Å²) in [6.07, 6.45) is 1.67. The number of fused-ring (bicyclic) bond motifs is 2. The van der Waals surface area contributed by atoms with Gasteiger partial charge in [-0.3, -0.25) is 14.0 Å². The molecule has 1 amide bonds. The molecule has 1 aromatic carbocycles. The van der Waals surface area contributed by atoms with E-state index < -0.39 is 0 Å². The molecule has 4 aromatic rings. The summed E-state index contributed by atoms with van der Waals surface area (Å²) in [6, 6.07) is 14.5. The molecule has 0 aliphatic heterocycles. The number of thiophene rings is 1. The van der Waals surface area contributed by atoms with Crippen molar-refractivity contribution in [1.82, 2.24) is 9.38 Å².